The first kappa shape index (κ1) is 23.3. The summed E-state index contributed by atoms with van der Waals surface area (Å²) in [5, 5.41) is 4.31. The molecule has 0 unspecified atom stereocenters. The number of nitrogens with zero attached hydrogens (tertiary/aromatic N) is 4. The highest BCUT2D eigenvalue weighted by molar-refractivity contribution is 6.00. The second-order valence-corrected chi connectivity index (χ2v) is 8.86. The van der Waals surface area contributed by atoms with Crippen molar-refractivity contribution in [1.29, 1.82) is 0 Å². The van der Waals surface area contributed by atoms with Crippen molar-refractivity contribution in [2.45, 2.75) is 24.9 Å². The number of carbonyl (C=O) groups is 2. The number of amides is 2. The zero-order valence-corrected chi connectivity index (χ0v) is 19.0. The molecule has 0 N–H and O–H groups in total. The summed E-state index contributed by atoms with van der Waals surface area (Å²) in [6, 6.07) is 8.82. The molecule has 0 radical (unpaired) electrons. The standard InChI is InChI=1S/C25H25F3N4O3/c26-25(27,28)21-4-2-1-3-19(21)23(33)30-8-5-17(6-9-30)18-7-10-32-22(15-18)20(16-29-32)24(34)31-11-13-35-14-12-31/h1-4,7,10,15-17H,5-6,8-9,11-14H2. The van der Waals surface area contributed by atoms with Gasteiger partial charge in [-0.2, -0.15) is 18.3 Å². The third-order valence-corrected chi connectivity index (χ3v) is 6.79. The molecule has 5 rings (SSSR count). The van der Waals surface area contributed by atoms with Crippen LogP contribution in [0.1, 0.15) is 50.6 Å². The van der Waals surface area contributed by atoms with Gasteiger partial charge in [-0.15, -0.1) is 0 Å². The first-order valence-corrected chi connectivity index (χ1v) is 11.6. The van der Waals surface area contributed by atoms with Gasteiger partial charge in [0.15, 0.2) is 0 Å². The minimum Gasteiger partial charge on any atom is -0.378 e. The van der Waals surface area contributed by atoms with Crippen LogP contribution in [0, 0.1) is 0 Å². The Hall–Kier alpha value is -3.40. The summed E-state index contributed by atoms with van der Waals surface area (Å²) in [5.74, 6) is -0.548. The molecule has 184 valence electrons. The molecule has 0 atom stereocenters. The topological polar surface area (TPSA) is 67.2 Å². The fourth-order valence-electron chi connectivity index (χ4n) is 4.86. The Balaban J connectivity index is 1.31. The minimum atomic E-state index is -4.58. The number of morpholine rings is 1. The molecule has 35 heavy (non-hydrogen) atoms. The lowest BCUT2D eigenvalue weighted by molar-refractivity contribution is -0.138. The molecule has 2 saturated heterocycles. The number of pyridine rings is 1. The minimum absolute atomic E-state index is 0.0794. The molecule has 2 aromatic heterocycles. The molecule has 7 nitrogen and oxygen atoms in total. The molecule has 0 spiro atoms. The van der Waals surface area contributed by atoms with Crippen molar-refractivity contribution in [1.82, 2.24) is 19.4 Å². The Kier molecular flexibility index (Phi) is 6.22. The van der Waals surface area contributed by atoms with Gasteiger partial charge < -0.3 is 14.5 Å². The highest BCUT2D eigenvalue weighted by Gasteiger charge is 2.36. The molecule has 10 heteroatoms. The fourth-order valence-corrected chi connectivity index (χ4v) is 4.86. The summed E-state index contributed by atoms with van der Waals surface area (Å²) in [6.45, 7) is 2.83. The van der Waals surface area contributed by atoms with Gasteiger partial charge in [0.25, 0.3) is 11.8 Å². The summed E-state index contributed by atoms with van der Waals surface area (Å²) in [6.07, 6.45) is 0.0592. The van der Waals surface area contributed by atoms with E-state index in [1.807, 2.05) is 18.3 Å². The summed E-state index contributed by atoms with van der Waals surface area (Å²) in [4.78, 5) is 29.1. The van der Waals surface area contributed by atoms with Crippen LogP contribution in [0.25, 0.3) is 5.52 Å². The number of rotatable bonds is 3. The SMILES string of the molecule is O=C(c1ccccc1C(F)(F)F)N1CCC(c2ccn3ncc(C(=O)N4CCOCC4)c3c2)CC1. The van der Waals surface area contributed by atoms with E-state index in [0.717, 1.165) is 17.1 Å². The lowest BCUT2D eigenvalue weighted by Crippen LogP contribution is -2.40. The first-order chi connectivity index (χ1) is 16.8. The lowest BCUT2D eigenvalue weighted by atomic mass is 9.89. The summed E-state index contributed by atoms with van der Waals surface area (Å²) < 4.78 is 47.1. The van der Waals surface area contributed by atoms with Gasteiger partial charge in [-0.3, -0.25) is 9.59 Å². The number of hydrogen-bond acceptors (Lipinski definition) is 4. The predicted octanol–water partition coefficient (Wildman–Crippen LogP) is 3.85. The molecule has 0 aliphatic carbocycles. The van der Waals surface area contributed by atoms with Crippen LogP contribution in [0.15, 0.2) is 48.8 Å². The molecule has 4 heterocycles. The molecule has 0 saturated carbocycles. The first-order valence-electron chi connectivity index (χ1n) is 11.6. The predicted molar refractivity (Wildman–Crippen MR) is 121 cm³/mol. The van der Waals surface area contributed by atoms with Crippen LogP contribution in [-0.4, -0.2) is 70.6 Å². The highest BCUT2D eigenvalue weighted by atomic mass is 19.4. The molecule has 1 aromatic carbocycles. The maximum absolute atomic E-state index is 13.4. The maximum atomic E-state index is 13.4. The fraction of sp³-hybridized carbons (Fsp3) is 0.400. The van der Waals surface area contributed by atoms with Crippen molar-refractivity contribution in [3.63, 3.8) is 0 Å². The number of hydrogen-bond donors (Lipinski definition) is 0. The van der Waals surface area contributed by atoms with Gasteiger partial charge in [0, 0.05) is 32.4 Å². The number of ether oxygens (including phenoxy) is 1. The number of benzene rings is 1. The van der Waals surface area contributed by atoms with Crippen molar-refractivity contribution in [3.8, 4) is 0 Å². The van der Waals surface area contributed by atoms with Crippen LogP contribution < -0.4 is 0 Å². The zero-order valence-electron chi connectivity index (χ0n) is 19.0. The molecule has 2 aliphatic rings. The molecule has 3 aromatic rings. The number of aromatic nitrogens is 2. The van der Waals surface area contributed by atoms with Crippen molar-refractivity contribution < 1.29 is 27.5 Å². The zero-order chi connectivity index (χ0) is 24.6. The van der Waals surface area contributed by atoms with Crippen molar-refractivity contribution in [3.05, 3.63) is 71.0 Å². The maximum Gasteiger partial charge on any atom is 0.417 e. The van der Waals surface area contributed by atoms with Crippen molar-refractivity contribution >= 4 is 17.3 Å². The average Bonchev–Trinajstić information content (AvgIpc) is 3.31. The van der Waals surface area contributed by atoms with Gasteiger partial charge in [0.2, 0.25) is 0 Å². The van der Waals surface area contributed by atoms with Crippen LogP contribution in [-0.2, 0) is 10.9 Å². The number of alkyl halides is 3. The molecule has 2 fully saturated rings. The second kappa shape index (κ2) is 9.33. The third-order valence-electron chi connectivity index (χ3n) is 6.79. The van der Waals surface area contributed by atoms with Gasteiger partial charge in [-0.1, -0.05) is 12.1 Å². The average molecular weight is 486 g/mol. The lowest BCUT2D eigenvalue weighted by Gasteiger charge is -2.33. The van der Waals surface area contributed by atoms with Gasteiger partial charge >= 0.3 is 6.18 Å². The highest BCUT2D eigenvalue weighted by Crippen LogP contribution is 2.34. The van der Waals surface area contributed by atoms with Crippen molar-refractivity contribution in [2.24, 2.45) is 0 Å². The number of fused-ring (bicyclic) bond motifs is 1. The van der Waals surface area contributed by atoms with E-state index in [1.165, 1.54) is 23.1 Å². The van der Waals surface area contributed by atoms with Crippen LogP contribution >= 0.6 is 0 Å². The number of likely N-dealkylation sites (tertiary alicyclic amines) is 1. The summed E-state index contributed by atoms with van der Waals surface area (Å²) in [5.41, 5.74) is 1.06. The van der Waals surface area contributed by atoms with Gasteiger partial charge in [-0.05, 0) is 48.6 Å². The normalized spacial score (nSPS) is 17.7. The van der Waals surface area contributed by atoms with E-state index in [-0.39, 0.29) is 17.4 Å². The van der Waals surface area contributed by atoms with Crippen LogP contribution in [0.5, 0.6) is 0 Å². The summed E-state index contributed by atoms with van der Waals surface area (Å²) >= 11 is 0. The molecule has 2 amide bonds. The second-order valence-electron chi connectivity index (χ2n) is 8.86. The number of halogens is 3. The van der Waals surface area contributed by atoms with Crippen molar-refractivity contribution in [2.75, 3.05) is 39.4 Å². The van der Waals surface area contributed by atoms with E-state index in [4.69, 9.17) is 4.74 Å². The van der Waals surface area contributed by atoms with Gasteiger partial charge in [0.1, 0.15) is 0 Å². The number of piperidine rings is 1. The molecular formula is C25H25F3N4O3. The quantitative estimate of drug-likeness (QED) is 0.564. The van der Waals surface area contributed by atoms with Crippen LogP contribution in [0.3, 0.4) is 0 Å². The summed E-state index contributed by atoms with van der Waals surface area (Å²) in [7, 11) is 0. The number of carbonyl (C=O) groups excluding carboxylic acids is 2. The van der Waals surface area contributed by atoms with E-state index in [1.54, 1.807) is 15.6 Å². The Morgan fingerprint density at radius 3 is 2.29 bits per heavy atom. The Labute approximate surface area is 200 Å². The monoisotopic (exact) mass is 486 g/mol. The van der Waals surface area contributed by atoms with E-state index in [9.17, 15) is 22.8 Å². The van der Waals surface area contributed by atoms with Crippen LogP contribution in [0.4, 0.5) is 13.2 Å². The Morgan fingerprint density at radius 1 is 0.914 bits per heavy atom. The largest absolute Gasteiger partial charge is 0.417 e. The molecule has 2 aliphatic heterocycles. The molecule has 0 bridgehead atoms. The third kappa shape index (κ3) is 4.62. The van der Waals surface area contributed by atoms with E-state index in [0.29, 0.717) is 57.8 Å². The van der Waals surface area contributed by atoms with E-state index >= 15 is 0 Å². The van der Waals surface area contributed by atoms with E-state index in [2.05, 4.69) is 5.10 Å². The van der Waals surface area contributed by atoms with Crippen LogP contribution in [0.2, 0.25) is 0 Å². The van der Waals surface area contributed by atoms with Gasteiger partial charge in [0.05, 0.1) is 41.6 Å². The Morgan fingerprint density at radius 2 is 1.57 bits per heavy atom. The van der Waals surface area contributed by atoms with Gasteiger partial charge in [-0.25, -0.2) is 4.52 Å². The smallest absolute Gasteiger partial charge is 0.378 e. The molecular weight excluding hydrogens is 461 g/mol. The Bertz CT molecular complexity index is 1240. The van der Waals surface area contributed by atoms with E-state index < -0.39 is 17.6 Å².